The minimum Gasteiger partial charge on any atom is -0.387 e. The summed E-state index contributed by atoms with van der Waals surface area (Å²) in [7, 11) is -4.73. The van der Waals surface area contributed by atoms with Gasteiger partial charge >= 0.3 is 6.18 Å². The van der Waals surface area contributed by atoms with Gasteiger partial charge in [-0.1, -0.05) is 6.92 Å². The number of nitrogens with two attached hydrogens (primary N) is 1. The van der Waals surface area contributed by atoms with Gasteiger partial charge in [0.25, 0.3) is 5.69 Å². The largest absolute Gasteiger partial charge is 0.416 e. The second-order valence-corrected chi connectivity index (χ2v) is 9.93. The molecule has 4 atom stereocenters. The summed E-state index contributed by atoms with van der Waals surface area (Å²) in [6.45, 7) is 0.507. The first-order chi connectivity index (χ1) is 17.3. The maximum Gasteiger partial charge on any atom is 0.416 e. The van der Waals surface area contributed by atoms with Crippen molar-refractivity contribution in [2.75, 3.05) is 18.8 Å². The molecule has 1 aromatic carbocycles. The average molecular weight is 547 g/mol. The van der Waals surface area contributed by atoms with Crippen molar-refractivity contribution in [3.05, 3.63) is 46.5 Å². The molecule has 0 unspecified atom stereocenters. The molecule has 0 bridgehead atoms. The van der Waals surface area contributed by atoms with Crippen LogP contribution in [-0.4, -0.2) is 78.8 Å². The normalized spacial score (nSPS) is 22.7. The fourth-order valence-corrected chi connectivity index (χ4v) is 5.56. The maximum absolute atomic E-state index is 13.2. The molecule has 1 aliphatic heterocycles. The van der Waals surface area contributed by atoms with Gasteiger partial charge in [-0.05, 0) is 12.1 Å². The summed E-state index contributed by atoms with van der Waals surface area (Å²) in [4.78, 5) is 21.1. The number of aliphatic hydroxyl groups excluding tert-OH is 2. The zero-order valence-corrected chi connectivity index (χ0v) is 19.7. The summed E-state index contributed by atoms with van der Waals surface area (Å²) in [6.07, 6.45) is -8.33. The van der Waals surface area contributed by atoms with Gasteiger partial charge in [0.15, 0.2) is 22.6 Å². The van der Waals surface area contributed by atoms with Crippen LogP contribution in [0.1, 0.15) is 18.7 Å². The van der Waals surface area contributed by atoms with Crippen molar-refractivity contribution in [1.82, 2.24) is 23.8 Å². The molecule has 0 saturated carbocycles. The van der Waals surface area contributed by atoms with Crippen molar-refractivity contribution in [3.63, 3.8) is 0 Å². The number of benzene rings is 1. The SMILES string of the molecule is CCN(C[C@H]1O[C@@H](n2cnc3c(N)ncnc32)[C@H](O)[C@@H]1O)S(=O)(=O)c1ccc(C(F)(F)F)cc1[N+](=O)[O-]. The number of nitro benzene ring substituents is 1. The molecule has 18 heteroatoms. The van der Waals surface area contributed by atoms with Crippen LogP contribution < -0.4 is 5.73 Å². The van der Waals surface area contributed by atoms with Crippen molar-refractivity contribution in [1.29, 1.82) is 0 Å². The predicted octanol–water partition coefficient (Wildman–Crippen LogP) is 0.665. The number of sulfonamides is 1. The molecule has 14 nitrogen and oxygen atoms in total. The molecule has 2 aromatic heterocycles. The van der Waals surface area contributed by atoms with Gasteiger partial charge < -0.3 is 20.7 Å². The Morgan fingerprint density at radius 3 is 2.57 bits per heavy atom. The minimum absolute atomic E-state index is 0.0507. The number of anilines is 1. The monoisotopic (exact) mass is 547 g/mol. The van der Waals surface area contributed by atoms with E-state index in [1.165, 1.54) is 17.8 Å². The number of rotatable bonds is 7. The standard InChI is InChI=1S/C19H20F3N7O7S/c1-2-27(37(34,35)12-4-3-9(19(20,21)22)5-10(12)29(32)33)6-11-14(30)15(31)18(36-11)28-8-26-13-16(23)24-7-25-17(13)28/h3-5,7-8,11,14-15,18,30-31H,2,6H2,1H3,(H2,23,24,25)/t11-,14-,15-,18-/m1/s1. The summed E-state index contributed by atoms with van der Waals surface area (Å²) in [5, 5.41) is 32.6. The third-order valence-electron chi connectivity index (χ3n) is 5.84. The second kappa shape index (κ2) is 9.45. The van der Waals surface area contributed by atoms with Gasteiger partial charge in [-0.25, -0.2) is 23.4 Å². The van der Waals surface area contributed by atoms with E-state index < -0.39 is 68.4 Å². The third kappa shape index (κ3) is 4.68. The fourth-order valence-electron chi connectivity index (χ4n) is 3.96. The quantitative estimate of drug-likeness (QED) is 0.277. The summed E-state index contributed by atoms with van der Waals surface area (Å²) < 4.78 is 73.3. The lowest BCUT2D eigenvalue weighted by molar-refractivity contribution is -0.388. The molecule has 37 heavy (non-hydrogen) atoms. The van der Waals surface area contributed by atoms with Crippen LogP contribution in [0, 0.1) is 10.1 Å². The van der Waals surface area contributed by atoms with Crippen LogP contribution in [0.2, 0.25) is 0 Å². The van der Waals surface area contributed by atoms with Gasteiger partial charge in [0.2, 0.25) is 10.0 Å². The predicted molar refractivity (Wildman–Crippen MR) is 118 cm³/mol. The molecule has 4 rings (SSSR count). The molecule has 1 saturated heterocycles. The Labute approximate surface area is 206 Å². The Morgan fingerprint density at radius 2 is 1.95 bits per heavy atom. The molecule has 0 spiro atoms. The maximum atomic E-state index is 13.2. The molecule has 0 radical (unpaired) electrons. The van der Waals surface area contributed by atoms with E-state index in [0.717, 1.165) is 6.33 Å². The van der Waals surface area contributed by atoms with Crippen LogP contribution in [0.25, 0.3) is 11.2 Å². The van der Waals surface area contributed by atoms with E-state index in [4.69, 9.17) is 10.5 Å². The van der Waals surface area contributed by atoms with Crippen LogP contribution in [0.4, 0.5) is 24.7 Å². The lowest BCUT2D eigenvalue weighted by Crippen LogP contribution is -2.42. The number of aromatic nitrogens is 4. The third-order valence-corrected chi connectivity index (χ3v) is 7.82. The summed E-state index contributed by atoms with van der Waals surface area (Å²) >= 11 is 0. The molecule has 0 aliphatic carbocycles. The van der Waals surface area contributed by atoms with Crippen molar-refractivity contribution in [3.8, 4) is 0 Å². The lowest BCUT2D eigenvalue weighted by Gasteiger charge is -2.25. The number of nitrogens with zero attached hydrogens (tertiary/aromatic N) is 6. The number of nitro groups is 1. The fraction of sp³-hybridized carbons (Fsp3) is 0.421. The van der Waals surface area contributed by atoms with E-state index in [-0.39, 0.29) is 29.6 Å². The molecule has 200 valence electrons. The second-order valence-electron chi connectivity index (χ2n) is 8.02. The van der Waals surface area contributed by atoms with Crippen LogP contribution in [0.15, 0.2) is 35.7 Å². The highest BCUT2D eigenvalue weighted by atomic mass is 32.2. The number of fused-ring (bicyclic) bond motifs is 1. The van der Waals surface area contributed by atoms with E-state index >= 15 is 0 Å². The first kappa shape index (κ1) is 26.6. The number of ether oxygens (including phenoxy) is 1. The van der Waals surface area contributed by atoms with Gasteiger partial charge in [-0.2, -0.15) is 17.5 Å². The van der Waals surface area contributed by atoms with Crippen molar-refractivity contribution < 1.29 is 41.5 Å². The number of aliphatic hydroxyl groups is 2. The Kier molecular flexibility index (Phi) is 6.80. The summed E-state index contributed by atoms with van der Waals surface area (Å²) in [5.41, 5.74) is 3.46. The number of halogens is 3. The number of hydrogen-bond donors (Lipinski definition) is 3. The molecule has 0 amide bonds. The zero-order valence-electron chi connectivity index (χ0n) is 18.8. The van der Waals surface area contributed by atoms with E-state index in [1.54, 1.807) is 0 Å². The highest BCUT2D eigenvalue weighted by Gasteiger charge is 2.46. The van der Waals surface area contributed by atoms with Gasteiger partial charge in [0.1, 0.15) is 30.2 Å². The highest BCUT2D eigenvalue weighted by molar-refractivity contribution is 7.89. The Balaban J connectivity index is 1.64. The Bertz CT molecular complexity index is 1450. The number of imidazole rings is 1. The topological polar surface area (TPSA) is 200 Å². The van der Waals surface area contributed by atoms with E-state index in [9.17, 15) is 41.9 Å². The summed E-state index contributed by atoms with van der Waals surface area (Å²) in [5.74, 6) is 0.0507. The Hall–Kier alpha value is -3.45. The zero-order chi connectivity index (χ0) is 27.3. The van der Waals surface area contributed by atoms with Gasteiger partial charge in [0.05, 0.1) is 16.8 Å². The molecule has 4 N–H and O–H groups in total. The van der Waals surface area contributed by atoms with E-state index in [2.05, 4.69) is 15.0 Å². The van der Waals surface area contributed by atoms with Crippen molar-refractivity contribution in [2.45, 2.75) is 42.5 Å². The van der Waals surface area contributed by atoms with Gasteiger partial charge in [0, 0.05) is 19.2 Å². The smallest absolute Gasteiger partial charge is 0.387 e. The minimum atomic E-state index is -4.93. The van der Waals surface area contributed by atoms with Crippen molar-refractivity contribution in [2.24, 2.45) is 0 Å². The number of likely N-dealkylation sites (N-methyl/N-ethyl adjacent to an activating group) is 1. The molecule has 1 aliphatic rings. The van der Waals surface area contributed by atoms with Gasteiger partial charge in [-0.3, -0.25) is 14.7 Å². The van der Waals surface area contributed by atoms with E-state index in [0.29, 0.717) is 16.4 Å². The highest BCUT2D eigenvalue weighted by Crippen LogP contribution is 2.37. The molecule has 1 fully saturated rings. The van der Waals surface area contributed by atoms with E-state index in [1.807, 2.05) is 0 Å². The summed E-state index contributed by atoms with van der Waals surface area (Å²) in [6, 6.07) is 1.07. The van der Waals surface area contributed by atoms with Gasteiger partial charge in [-0.15, -0.1) is 0 Å². The number of hydrogen-bond acceptors (Lipinski definition) is 11. The number of alkyl halides is 3. The first-order valence-corrected chi connectivity index (χ1v) is 12.0. The number of nitrogen functional groups attached to an aromatic ring is 1. The molecular weight excluding hydrogens is 527 g/mol. The van der Waals surface area contributed by atoms with Crippen LogP contribution in [0.5, 0.6) is 0 Å². The Morgan fingerprint density at radius 1 is 1.24 bits per heavy atom. The van der Waals surface area contributed by atoms with Crippen LogP contribution >= 0.6 is 0 Å². The van der Waals surface area contributed by atoms with Crippen LogP contribution in [0.3, 0.4) is 0 Å². The molecular formula is C19H20F3N7O7S. The molecule has 3 aromatic rings. The lowest BCUT2D eigenvalue weighted by atomic mass is 10.1. The van der Waals surface area contributed by atoms with Crippen LogP contribution in [-0.2, 0) is 20.9 Å². The molecule has 3 heterocycles. The van der Waals surface area contributed by atoms with Crippen molar-refractivity contribution >= 4 is 32.7 Å². The average Bonchev–Trinajstić information content (AvgIpc) is 3.38. The first-order valence-electron chi connectivity index (χ1n) is 10.6.